The predicted octanol–water partition coefficient (Wildman–Crippen LogP) is 1.91. The number of carbonyl (C=O) groups is 1. The summed E-state index contributed by atoms with van der Waals surface area (Å²) >= 11 is 0. The molecule has 2 amide bonds. The van der Waals surface area contributed by atoms with Crippen LogP contribution in [0.1, 0.15) is 17.9 Å². The summed E-state index contributed by atoms with van der Waals surface area (Å²) in [6.07, 6.45) is 4.89. The maximum absolute atomic E-state index is 12.3. The number of benzene rings is 1. The van der Waals surface area contributed by atoms with Crippen LogP contribution >= 0.6 is 0 Å². The molecule has 2 aromatic heterocycles. The Morgan fingerprint density at radius 1 is 1.24 bits per heavy atom. The topological polar surface area (TPSA) is 89.7 Å². The third-order valence-corrected chi connectivity index (χ3v) is 4.40. The number of carbonyl (C=O) groups excluding carboxylic acids is 1. The molecular weight excluding hydrogens is 318 g/mol. The van der Waals surface area contributed by atoms with Gasteiger partial charge in [0.2, 0.25) is 0 Å². The molecule has 1 aliphatic heterocycles. The minimum Gasteiger partial charge on any atom is -0.333 e. The van der Waals surface area contributed by atoms with E-state index in [4.69, 9.17) is 0 Å². The maximum Gasteiger partial charge on any atom is 0.319 e. The van der Waals surface area contributed by atoms with E-state index in [0.29, 0.717) is 12.2 Å². The van der Waals surface area contributed by atoms with Gasteiger partial charge in [0, 0.05) is 6.42 Å². The fourth-order valence-electron chi connectivity index (χ4n) is 3.06. The second kappa shape index (κ2) is 6.39. The van der Waals surface area contributed by atoms with Crippen LogP contribution < -0.4 is 10.6 Å². The van der Waals surface area contributed by atoms with Gasteiger partial charge in [-0.15, -0.1) is 0 Å². The van der Waals surface area contributed by atoms with Crippen molar-refractivity contribution >= 4 is 11.7 Å². The number of rotatable bonds is 3. The van der Waals surface area contributed by atoms with Crippen molar-refractivity contribution < 1.29 is 4.79 Å². The summed E-state index contributed by atoms with van der Waals surface area (Å²) in [5.41, 5.74) is 2.53. The van der Waals surface area contributed by atoms with Crippen LogP contribution in [0.3, 0.4) is 0 Å². The molecular formula is C17H19N7O. The number of fused-ring (bicyclic) bond motifs is 1. The van der Waals surface area contributed by atoms with Gasteiger partial charge in [0.25, 0.3) is 0 Å². The monoisotopic (exact) mass is 337 g/mol. The maximum atomic E-state index is 12.3. The summed E-state index contributed by atoms with van der Waals surface area (Å²) in [7, 11) is 0. The van der Waals surface area contributed by atoms with E-state index >= 15 is 0 Å². The Morgan fingerprint density at radius 3 is 2.92 bits per heavy atom. The number of anilines is 1. The van der Waals surface area contributed by atoms with Gasteiger partial charge < -0.3 is 10.6 Å². The highest BCUT2D eigenvalue weighted by Gasteiger charge is 2.21. The zero-order valence-corrected chi connectivity index (χ0v) is 13.9. The zero-order valence-electron chi connectivity index (χ0n) is 13.9. The largest absolute Gasteiger partial charge is 0.333 e. The minimum atomic E-state index is -0.232. The molecule has 25 heavy (non-hydrogen) atoms. The molecule has 2 N–H and O–H groups in total. The Bertz CT molecular complexity index is 884. The third-order valence-electron chi connectivity index (χ3n) is 4.40. The number of hydrogen-bond donors (Lipinski definition) is 2. The Kier molecular flexibility index (Phi) is 3.93. The highest BCUT2D eigenvalue weighted by Crippen LogP contribution is 2.18. The van der Waals surface area contributed by atoms with E-state index in [0.717, 1.165) is 30.0 Å². The summed E-state index contributed by atoms with van der Waals surface area (Å²) in [5.74, 6) is 0.971. The van der Waals surface area contributed by atoms with Crippen molar-refractivity contribution in [1.82, 2.24) is 29.9 Å². The first-order chi connectivity index (χ1) is 12.2. The molecule has 0 saturated carbocycles. The van der Waals surface area contributed by atoms with Crippen molar-refractivity contribution in [3.05, 3.63) is 54.4 Å². The lowest BCUT2D eigenvalue weighted by Gasteiger charge is -2.23. The number of para-hydroxylation sites is 1. The number of nitrogens with one attached hydrogen (secondary N) is 2. The Balaban J connectivity index is 1.41. The molecule has 8 nitrogen and oxygen atoms in total. The van der Waals surface area contributed by atoms with Gasteiger partial charge >= 0.3 is 6.03 Å². The van der Waals surface area contributed by atoms with Crippen molar-refractivity contribution in [1.29, 1.82) is 0 Å². The second-order valence-electron chi connectivity index (χ2n) is 6.08. The van der Waals surface area contributed by atoms with E-state index in [-0.39, 0.29) is 12.1 Å². The van der Waals surface area contributed by atoms with Crippen LogP contribution in [0.25, 0.3) is 5.69 Å². The number of aromatic nitrogens is 5. The van der Waals surface area contributed by atoms with Crippen molar-refractivity contribution in [3.63, 3.8) is 0 Å². The van der Waals surface area contributed by atoms with Crippen molar-refractivity contribution in [2.24, 2.45) is 0 Å². The zero-order chi connectivity index (χ0) is 17.2. The molecule has 1 aliphatic rings. The van der Waals surface area contributed by atoms with Crippen molar-refractivity contribution in [3.8, 4) is 5.69 Å². The average molecular weight is 337 g/mol. The molecule has 0 unspecified atom stereocenters. The molecule has 3 heterocycles. The smallest absolute Gasteiger partial charge is 0.319 e. The van der Waals surface area contributed by atoms with Crippen LogP contribution in [0.5, 0.6) is 0 Å². The fourth-order valence-corrected chi connectivity index (χ4v) is 3.06. The van der Waals surface area contributed by atoms with Gasteiger partial charge in [-0.1, -0.05) is 18.2 Å². The van der Waals surface area contributed by atoms with Gasteiger partial charge in [0.15, 0.2) is 0 Å². The Hall–Kier alpha value is -3.16. The Morgan fingerprint density at radius 2 is 2.08 bits per heavy atom. The van der Waals surface area contributed by atoms with E-state index in [1.165, 1.54) is 0 Å². The highest BCUT2D eigenvalue weighted by molar-refractivity contribution is 5.90. The lowest BCUT2D eigenvalue weighted by molar-refractivity contribution is 0.243. The lowest BCUT2D eigenvalue weighted by atomic mass is 10.1. The summed E-state index contributed by atoms with van der Waals surface area (Å²) in [4.78, 5) is 16.5. The van der Waals surface area contributed by atoms with Crippen LogP contribution in [0.4, 0.5) is 10.5 Å². The Labute approximate surface area is 144 Å². The first-order valence-corrected chi connectivity index (χ1v) is 8.25. The summed E-state index contributed by atoms with van der Waals surface area (Å²) < 4.78 is 3.64. The number of hydrogen-bond acceptors (Lipinski definition) is 4. The molecule has 0 aliphatic carbocycles. The first kappa shape index (κ1) is 15.4. The number of amides is 2. The molecule has 1 atom stereocenters. The van der Waals surface area contributed by atoms with Crippen molar-refractivity contribution in [2.45, 2.75) is 32.4 Å². The molecule has 0 radical (unpaired) electrons. The number of aryl methyl sites for hydroxylation is 1. The van der Waals surface area contributed by atoms with Crippen molar-refractivity contribution in [2.75, 3.05) is 5.32 Å². The van der Waals surface area contributed by atoms with E-state index < -0.39 is 0 Å². The number of urea groups is 1. The van der Waals surface area contributed by atoms with Gasteiger partial charge in [-0.05, 0) is 25.5 Å². The van der Waals surface area contributed by atoms with Gasteiger partial charge in [-0.25, -0.2) is 19.1 Å². The van der Waals surface area contributed by atoms with E-state index in [1.54, 1.807) is 17.2 Å². The molecule has 1 aromatic carbocycles. The fraction of sp³-hybridized carbons (Fsp3) is 0.294. The van der Waals surface area contributed by atoms with E-state index in [1.807, 2.05) is 41.9 Å². The van der Waals surface area contributed by atoms with E-state index in [9.17, 15) is 4.79 Å². The number of nitrogens with zero attached hydrogens (tertiary/aromatic N) is 5. The van der Waals surface area contributed by atoms with Crippen LogP contribution in [-0.2, 0) is 13.0 Å². The van der Waals surface area contributed by atoms with Crippen LogP contribution in [-0.4, -0.2) is 36.6 Å². The highest BCUT2D eigenvalue weighted by atomic mass is 16.2. The summed E-state index contributed by atoms with van der Waals surface area (Å²) in [5, 5.41) is 14.4. The van der Waals surface area contributed by atoms with Gasteiger partial charge in [0.1, 0.15) is 12.2 Å². The minimum absolute atomic E-state index is 0.0404. The standard InChI is InChI=1S/C17H19N7O/c1-12-15(9-19-24(12)14-5-3-2-4-6-14)22-17(25)21-13-7-8-16-18-11-20-23(16)10-13/h2-6,9,11,13H,7-8,10H2,1H3,(H2,21,22,25)/t13-/m1/s1. The molecule has 0 saturated heterocycles. The summed E-state index contributed by atoms with van der Waals surface area (Å²) in [6, 6.07) is 9.63. The summed E-state index contributed by atoms with van der Waals surface area (Å²) in [6.45, 7) is 2.57. The third kappa shape index (κ3) is 3.10. The molecule has 0 bridgehead atoms. The van der Waals surface area contributed by atoms with Crippen LogP contribution in [0.2, 0.25) is 0 Å². The molecule has 0 fully saturated rings. The quantitative estimate of drug-likeness (QED) is 0.764. The molecule has 3 aromatic rings. The van der Waals surface area contributed by atoms with Gasteiger partial charge in [-0.2, -0.15) is 10.2 Å². The predicted molar refractivity (Wildman–Crippen MR) is 92.6 cm³/mol. The molecule has 8 heteroatoms. The average Bonchev–Trinajstić information content (AvgIpc) is 3.22. The molecule has 4 rings (SSSR count). The lowest BCUT2D eigenvalue weighted by Crippen LogP contribution is -2.43. The van der Waals surface area contributed by atoms with Gasteiger partial charge in [-0.3, -0.25) is 0 Å². The second-order valence-corrected chi connectivity index (χ2v) is 6.08. The molecule has 0 spiro atoms. The first-order valence-electron chi connectivity index (χ1n) is 8.25. The molecule has 128 valence electrons. The van der Waals surface area contributed by atoms with Gasteiger partial charge in [0.05, 0.1) is 35.9 Å². The normalized spacial score (nSPS) is 16.3. The van der Waals surface area contributed by atoms with Crippen LogP contribution in [0.15, 0.2) is 42.9 Å². The van der Waals surface area contributed by atoms with E-state index in [2.05, 4.69) is 25.8 Å². The van der Waals surface area contributed by atoms with Crippen LogP contribution in [0, 0.1) is 6.92 Å². The SMILES string of the molecule is Cc1c(NC(=O)N[C@@H]2CCc3ncnn3C2)cnn1-c1ccccc1.